The molecule has 0 saturated carbocycles. The van der Waals surface area contributed by atoms with Gasteiger partial charge in [0.2, 0.25) is 0 Å². The molecule has 0 amide bonds. The van der Waals surface area contributed by atoms with E-state index in [1.165, 1.54) is 6.34 Å². The lowest BCUT2D eigenvalue weighted by atomic mass is 10.1. The minimum Gasteiger partial charge on any atom is -0.480 e. The van der Waals surface area contributed by atoms with Crippen molar-refractivity contribution in [2.24, 2.45) is 10.7 Å². The van der Waals surface area contributed by atoms with Gasteiger partial charge in [-0.25, -0.2) is 0 Å². The first-order chi connectivity index (χ1) is 4.72. The van der Waals surface area contributed by atoms with Crippen molar-refractivity contribution in [3.63, 3.8) is 0 Å². The topological polar surface area (TPSA) is 87.7 Å². The van der Waals surface area contributed by atoms with E-state index in [9.17, 15) is 4.79 Å². The molecule has 5 nitrogen and oxygen atoms in total. The lowest BCUT2D eigenvalue weighted by Crippen LogP contribution is -2.48. The Kier molecular flexibility index (Phi) is 1.86. The number of nitrogens with zero attached hydrogens (tertiary/aromatic N) is 1. The highest BCUT2D eigenvalue weighted by atomic mass is 16.4. The Labute approximate surface area is 57.9 Å². The van der Waals surface area contributed by atoms with Crippen LogP contribution in [0.1, 0.15) is 0 Å². The molecule has 1 rings (SSSR count). The van der Waals surface area contributed by atoms with Crippen molar-refractivity contribution >= 4 is 12.3 Å². The zero-order valence-electron chi connectivity index (χ0n) is 5.32. The van der Waals surface area contributed by atoms with Crippen LogP contribution in [0.15, 0.2) is 4.99 Å². The van der Waals surface area contributed by atoms with Gasteiger partial charge in [-0.15, -0.1) is 0 Å². The lowest BCUT2D eigenvalue weighted by Gasteiger charge is -2.13. The molecule has 0 aromatic carbocycles. The number of carbonyl (C=O) groups is 1. The first-order valence-electron chi connectivity index (χ1n) is 2.94. The van der Waals surface area contributed by atoms with E-state index < -0.39 is 12.0 Å². The summed E-state index contributed by atoms with van der Waals surface area (Å²) in [6.45, 7) is 0.452. The average molecular weight is 143 g/mol. The molecule has 10 heavy (non-hydrogen) atoms. The summed E-state index contributed by atoms with van der Waals surface area (Å²) in [7, 11) is 0. The maximum Gasteiger partial charge on any atom is 0.322 e. The molecule has 1 heterocycles. The summed E-state index contributed by atoms with van der Waals surface area (Å²) in [5.41, 5.74) is 5.28. The number of nitrogens with one attached hydrogen (secondary N) is 1. The Morgan fingerprint density at radius 2 is 2.70 bits per heavy atom. The van der Waals surface area contributed by atoms with Crippen LogP contribution in [0.4, 0.5) is 0 Å². The quantitative estimate of drug-likeness (QED) is 0.434. The second kappa shape index (κ2) is 2.66. The van der Waals surface area contributed by atoms with Crippen molar-refractivity contribution < 1.29 is 9.90 Å². The molecule has 2 atom stereocenters. The van der Waals surface area contributed by atoms with Gasteiger partial charge in [0.15, 0.2) is 0 Å². The van der Waals surface area contributed by atoms with Gasteiger partial charge in [0.05, 0.1) is 18.9 Å². The second-order valence-electron chi connectivity index (χ2n) is 2.13. The smallest absolute Gasteiger partial charge is 0.322 e. The van der Waals surface area contributed by atoms with Crippen molar-refractivity contribution in [1.29, 1.82) is 0 Å². The molecular weight excluding hydrogens is 134 g/mol. The van der Waals surface area contributed by atoms with Crippen molar-refractivity contribution in [1.82, 2.24) is 5.32 Å². The fourth-order valence-corrected chi connectivity index (χ4v) is 0.757. The summed E-state index contributed by atoms with van der Waals surface area (Å²) in [5.74, 6) is -0.997. The second-order valence-corrected chi connectivity index (χ2v) is 2.13. The van der Waals surface area contributed by atoms with Crippen molar-refractivity contribution in [3.8, 4) is 0 Å². The minimum absolute atomic E-state index is 0.238. The van der Waals surface area contributed by atoms with Crippen LogP contribution in [0.3, 0.4) is 0 Å². The van der Waals surface area contributed by atoms with Crippen LogP contribution in [-0.4, -0.2) is 36.0 Å². The number of nitrogens with two attached hydrogens (primary N) is 1. The molecule has 0 aromatic rings. The Hall–Kier alpha value is -1.10. The normalized spacial score (nSPS) is 25.9. The van der Waals surface area contributed by atoms with Crippen molar-refractivity contribution in [2.75, 3.05) is 6.54 Å². The number of carboxylic acids is 1. The Morgan fingerprint density at radius 1 is 2.00 bits per heavy atom. The van der Waals surface area contributed by atoms with Gasteiger partial charge in [-0.2, -0.15) is 0 Å². The SMILES string of the molecule is NC(C(=O)O)C1CN=CN1. The number of hydrogen-bond acceptors (Lipinski definition) is 4. The van der Waals surface area contributed by atoms with E-state index in [2.05, 4.69) is 10.3 Å². The molecule has 56 valence electrons. The summed E-state index contributed by atoms with van der Waals surface area (Å²) in [6, 6.07) is -1.10. The van der Waals surface area contributed by atoms with Gasteiger partial charge in [-0.05, 0) is 0 Å². The van der Waals surface area contributed by atoms with E-state index in [1.807, 2.05) is 0 Å². The third kappa shape index (κ3) is 1.24. The van der Waals surface area contributed by atoms with Crippen LogP contribution in [-0.2, 0) is 4.79 Å². The predicted octanol–water partition coefficient (Wildman–Crippen LogP) is -1.60. The van der Waals surface area contributed by atoms with Crippen LogP contribution in [0.5, 0.6) is 0 Å². The third-order valence-electron chi connectivity index (χ3n) is 1.40. The monoisotopic (exact) mass is 143 g/mol. The van der Waals surface area contributed by atoms with E-state index in [4.69, 9.17) is 10.8 Å². The van der Waals surface area contributed by atoms with E-state index in [-0.39, 0.29) is 6.04 Å². The summed E-state index contributed by atoms with van der Waals surface area (Å²) >= 11 is 0. The Morgan fingerprint density at radius 3 is 3.10 bits per heavy atom. The van der Waals surface area contributed by atoms with Gasteiger partial charge in [0.1, 0.15) is 6.04 Å². The third-order valence-corrected chi connectivity index (χ3v) is 1.40. The summed E-state index contributed by atoms with van der Waals surface area (Å²) < 4.78 is 0. The van der Waals surface area contributed by atoms with E-state index in [0.717, 1.165) is 0 Å². The van der Waals surface area contributed by atoms with Crippen LogP contribution >= 0.6 is 0 Å². The number of aliphatic imine (C=N–C) groups is 1. The highest BCUT2D eigenvalue weighted by Gasteiger charge is 2.24. The summed E-state index contributed by atoms with van der Waals surface area (Å²) in [6.07, 6.45) is 1.48. The average Bonchev–Trinajstić information content (AvgIpc) is 2.36. The van der Waals surface area contributed by atoms with Gasteiger partial charge in [0, 0.05) is 0 Å². The van der Waals surface area contributed by atoms with E-state index in [1.54, 1.807) is 0 Å². The molecule has 5 heteroatoms. The molecule has 0 bridgehead atoms. The molecule has 0 aromatic heterocycles. The zero-order valence-corrected chi connectivity index (χ0v) is 5.32. The van der Waals surface area contributed by atoms with Crippen molar-refractivity contribution in [2.45, 2.75) is 12.1 Å². The zero-order chi connectivity index (χ0) is 7.56. The largest absolute Gasteiger partial charge is 0.480 e. The molecular formula is C5H9N3O2. The van der Waals surface area contributed by atoms with Gasteiger partial charge < -0.3 is 16.2 Å². The van der Waals surface area contributed by atoms with Crippen LogP contribution in [0.25, 0.3) is 0 Å². The molecule has 0 saturated heterocycles. The predicted molar refractivity (Wildman–Crippen MR) is 35.9 cm³/mol. The number of hydrogen-bond donors (Lipinski definition) is 3. The summed E-state index contributed by atoms with van der Waals surface area (Å²) in [4.78, 5) is 14.1. The molecule has 0 aliphatic carbocycles. The summed E-state index contributed by atoms with van der Waals surface area (Å²) in [5, 5.41) is 11.2. The van der Waals surface area contributed by atoms with Gasteiger partial charge in [-0.3, -0.25) is 9.79 Å². The van der Waals surface area contributed by atoms with E-state index >= 15 is 0 Å². The maximum absolute atomic E-state index is 10.3. The highest BCUT2D eigenvalue weighted by molar-refractivity contribution is 5.75. The molecule has 1 aliphatic heterocycles. The van der Waals surface area contributed by atoms with E-state index in [0.29, 0.717) is 6.54 Å². The molecule has 0 fully saturated rings. The molecule has 0 radical (unpaired) electrons. The van der Waals surface area contributed by atoms with Gasteiger partial charge in [0.25, 0.3) is 0 Å². The van der Waals surface area contributed by atoms with Crippen LogP contribution in [0, 0.1) is 0 Å². The lowest BCUT2D eigenvalue weighted by molar-refractivity contribution is -0.139. The Bertz CT molecular complexity index is 160. The first-order valence-corrected chi connectivity index (χ1v) is 2.94. The minimum atomic E-state index is -0.997. The molecule has 0 spiro atoms. The first kappa shape index (κ1) is 7.01. The molecule has 1 aliphatic rings. The molecule has 4 N–H and O–H groups in total. The Balaban J connectivity index is 2.42. The number of carboxylic acid groups (broad SMARTS) is 1. The van der Waals surface area contributed by atoms with Gasteiger partial charge >= 0.3 is 5.97 Å². The fraction of sp³-hybridized carbons (Fsp3) is 0.600. The number of aliphatic carboxylic acids is 1. The highest BCUT2D eigenvalue weighted by Crippen LogP contribution is 1.95. The standard InChI is InChI=1S/C5H9N3O2/c6-4(5(9)10)3-1-7-2-8-3/h2-4H,1,6H2,(H,7,8)(H,9,10). The van der Waals surface area contributed by atoms with Crippen molar-refractivity contribution in [3.05, 3.63) is 0 Å². The van der Waals surface area contributed by atoms with Crippen LogP contribution < -0.4 is 11.1 Å². The van der Waals surface area contributed by atoms with Crippen LogP contribution in [0.2, 0.25) is 0 Å². The maximum atomic E-state index is 10.3. The van der Waals surface area contributed by atoms with Gasteiger partial charge in [-0.1, -0.05) is 0 Å². The number of rotatable bonds is 2. The fourth-order valence-electron chi connectivity index (χ4n) is 0.757. The molecule has 2 unspecified atom stereocenters.